The van der Waals surface area contributed by atoms with Crippen LogP contribution in [0.1, 0.15) is 13.3 Å². The summed E-state index contributed by atoms with van der Waals surface area (Å²) in [5.41, 5.74) is 10.6. The van der Waals surface area contributed by atoms with Crippen molar-refractivity contribution >= 4 is 23.6 Å². The van der Waals surface area contributed by atoms with Crippen LogP contribution < -0.4 is 16.8 Å². The lowest BCUT2D eigenvalue weighted by atomic mass is 9.89. The van der Waals surface area contributed by atoms with E-state index in [0.29, 0.717) is 0 Å². The number of Topliss-reactive ketones (excluding diaryl/α,β-unsaturated/α-hetero) is 1. The number of nitrogens with two attached hydrogens (primary N) is 2. The number of hydrogen-bond donors (Lipinski definition) is 6. The number of carbonyl (C=O) groups is 3. The second-order valence-corrected chi connectivity index (χ2v) is 5.07. The van der Waals surface area contributed by atoms with Gasteiger partial charge in [0, 0.05) is 13.3 Å². The average Bonchev–Trinajstić information content (AvgIpc) is 2.45. The molecule has 0 aromatic heterocycles. The van der Waals surface area contributed by atoms with E-state index in [9.17, 15) is 19.5 Å². The van der Waals surface area contributed by atoms with Gasteiger partial charge in [0.25, 0.3) is 0 Å². The highest BCUT2D eigenvalue weighted by Gasteiger charge is 2.46. The van der Waals surface area contributed by atoms with Crippen LogP contribution in [0.25, 0.3) is 0 Å². The van der Waals surface area contributed by atoms with E-state index >= 15 is 0 Å². The SMILES string of the molecule is CC(=O)N[C@@H]1[C@@H](N=C(N)N)CC(C(=O)O)O[C@H]1C(=O)C(O)CO. The highest BCUT2D eigenvalue weighted by Crippen LogP contribution is 2.25. The molecule has 0 aromatic rings. The summed E-state index contributed by atoms with van der Waals surface area (Å²) in [5, 5.41) is 29.9. The molecule has 130 valence electrons. The van der Waals surface area contributed by atoms with Crippen LogP contribution in [0.15, 0.2) is 4.99 Å². The van der Waals surface area contributed by atoms with E-state index in [1.165, 1.54) is 6.92 Å². The highest BCUT2D eigenvalue weighted by molar-refractivity contribution is 5.89. The van der Waals surface area contributed by atoms with Crippen molar-refractivity contribution < 1.29 is 34.4 Å². The first-order chi connectivity index (χ1) is 10.7. The normalized spacial score (nSPS) is 28.5. The summed E-state index contributed by atoms with van der Waals surface area (Å²) in [6.45, 7) is 0.302. The van der Waals surface area contributed by atoms with Crippen molar-refractivity contribution in [2.45, 2.75) is 43.7 Å². The Morgan fingerprint density at radius 3 is 2.43 bits per heavy atom. The molecular formula is C12H20N4O7. The third-order valence-corrected chi connectivity index (χ3v) is 3.25. The minimum absolute atomic E-state index is 0.183. The zero-order chi connectivity index (χ0) is 17.7. The number of ether oxygens (including phenoxy) is 1. The average molecular weight is 332 g/mol. The molecule has 0 aromatic carbocycles. The predicted octanol–water partition coefficient (Wildman–Crippen LogP) is -3.70. The molecule has 11 heteroatoms. The van der Waals surface area contributed by atoms with Crippen molar-refractivity contribution in [3.8, 4) is 0 Å². The summed E-state index contributed by atoms with van der Waals surface area (Å²) >= 11 is 0. The smallest absolute Gasteiger partial charge is 0.332 e. The topological polar surface area (TPSA) is 198 Å². The van der Waals surface area contributed by atoms with Crippen LogP contribution in [0, 0.1) is 0 Å². The van der Waals surface area contributed by atoms with Gasteiger partial charge in [-0.2, -0.15) is 0 Å². The van der Waals surface area contributed by atoms with Crippen LogP contribution in [-0.2, 0) is 19.1 Å². The summed E-state index contributed by atoms with van der Waals surface area (Å²) in [4.78, 5) is 38.5. The quantitative estimate of drug-likeness (QED) is 0.209. The molecule has 23 heavy (non-hydrogen) atoms. The van der Waals surface area contributed by atoms with Gasteiger partial charge in [-0.3, -0.25) is 9.59 Å². The van der Waals surface area contributed by atoms with Gasteiger partial charge < -0.3 is 36.8 Å². The predicted molar refractivity (Wildman–Crippen MR) is 76.2 cm³/mol. The van der Waals surface area contributed by atoms with E-state index in [1.807, 2.05) is 0 Å². The number of nitrogens with zero attached hydrogens (tertiary/aromatic N) is 1. The molecule has 11 nitrogen and oxygen atoms in total. The van der Waals surface area contributed by atoms with E-state index in [-0.39, 0.29) is 12.4 Å². The Bertz CT molecular complexity index is 506. The minimum atomic E-state index is -1.79. The van der Waals surface area contributed by atoms with E-state index < -0.39 is 54.7 Å². The number of aliphatic imine (C=N–C) groups is 1. The van der Waals surface area contributed by atoms with Crippen LogP contribution in [0.4, 0.5) is 0 Å². The number of rotatable bonds is 6. The molecule has 1 amide bonds. The largest absolute Gasteiger partial charge is 0.479 e. The van der Waals surface area contributed by atoms with Crippen molar-refractivity contribution in [3.63, 3.8) is 0 Å². The lowest BCUT2D eigenvalue weighted by molar-refractivity contribution is -0.170. The summed E-state index contributed by atoms with van der Waals surface area (Å²) in [7, 11) is 0. The van der Waals surface area contributed by atoms with Gasteiger partial charge in [0.15, 0.2) is 17.8 Å². The van der Waals surface area contributed by atoms with E-state index in [4.69, 9.17) is 26.4 Å². The number of aliphatic hydroxyl groups excluding tert-OH is 2. The maximum atomic E-state index is 12.1. The zero-order valence-corrected chi connectivity index (χ0v) is 12.4. The summed E-state index contributed by atoms with van der Waals surface area (Å²) in [5.74, 6) is -3.21. The molecule has 0 spiro atoms. The lowest BCUT2D eigenvalue weighted by Gasteiger charge is -2.39. The zero-order valence-electron chi connectivity index (χ0n) is 12.4. The standard InChI is InChI=1S/C12H20N4O7/c1-4(18)15-8-5(16-12(13)14)2-7(11(21)22)23-10(8)9(20)6(19)3-17/h5-8,10,17,19H,2-3H2,1H3,(H,15,18)(H,21,22)(H4,13,14,16)/t5-,6?,7?,8+,10+/m0/s1. The first-order valence-corrected chi connectivity index (χ1v) is 6.74. The third-order valence-electron chi connectivity index (χ3n) is 3.25. The molecule has 1 aliphatic rings. The lowest BCUT2D eigenvalue weighted by Crippen LogP contribution is -2.62. The fourth-order valence-corrected chi connectivity index (χ4v) is 2.30. The Morgan fingerprint density at radius 2 is 2.00 bits per heavy atom. The number of aliphatic carboxylic acids is 1. The number of amides is 1. The second kappa shape index (κ2) is 7.85. The molecule has 2 unspecified atom stereocenters. The van der Waals surface area contributed by atoms with Crippen LogP contribution in [0.2, 0.25) is 0 Å². The van der Waals surface area contributed by atoms with Gasteiger partial charge in [0.1, 0.15) is 12.2 Å². The molecule has 1 fully saturated rings. The molecule has 1 saturated heterocycles. The third kappa shape index (κ3) is 4.87. The molecule has 0 saturated carbocycles. The summed E-state index contributed by atoms with van der Waals surface area (Å²) < 4.78 is 5.17. The number of aliphatic hydroxyl groups is 2. The Hall–Kier alpha value is -2.24. The molecule has 8 N–H and O–H groups in total. The molecule has 0 aliphatic carbocycles. The van der Waals surface area contributed by atoms with Gasteiger partial charge in [-0.15, -0.1) is 0 Å². The minimum Gasteiger partial charge on any atom is -0.479 e. The number of carboxylic acids is 1. The van der Waals surface area contributed by atoms with Gasteiger partial charge >= 0.3 is 5.97 Å². The monoisotopic (exact) mass is 332 g/mol. The molecule has 0 radical (unpaired) electrons. The maximum Gasteiger partial charge on any atom is 0.332 e. The number of nitrogens with one attached hydrogen (secondary N) is 1. The fourth-order valence-electron chi connectivity index (χ4n) is 2.30. The maximum absolute atomic E-state index is 12.1. The number of carboxylic acid groups (broad SMARTS) is 1. The second-order valence-electron chi connectivity index (χ2n) is 5.07. The van der Waals surface area contributed by atoms with Gasteiger partial charge in [-0.1, -0.05) is 0 Å². The number of guanidine groups is 1. The van der Waals surface area contributed by atoms with Gasteiger partial charge in [0.05, 0.1) is 18.7 Å². The fraction of sp³-hybridized carbons (Fsp3) is 0.667. The molecule has 1 rings (SSSR count). The van der Waals surface area contributed by atoms with Gasteiger partial charge in [0.2, 0.25) is 5.91 Å². The molecule has 5 atom stereocenters. The van der Waals surface area contributed by atoms with Crippen LogP contribution >= 0.6 is 0 Å². The number of hydrogen-bond acceptors (Lipinski definition) is 7. The van der Waals surface area contributed by atoms with E-state index in [0.717, 1.165) is 0 Å². The Labute approximate surface area is 131 Å². The highest BCUT2D eigenvalue weighted by atomic mass is 16.5. The Balaban J connectivity index is 3.21. The van der Waals surface area contributed by atoms with Crippen LogP contribution in [-0.4, -0.2) is 75.9 Å². The molecule has 1 aliphatic heterocycles. The number of ketones is 1. The number of carbonyl (C=O) groups excluding carboxylic acids is 2. The van der Waals surface area contributed by atoms with Crippen LogP contribution in [0.5, 0.6) is 0 Å². The van der Waals surface area contributed by atoms with Crippen molar-refractivity contribution in [1.82, 2.24) is 5.32 Å². The summed E-state index contributed by atoms with van der Waals surface area (Å²) in [6, 6.07) is -2.03. The first kappa shape index (κ1) is 18.8. The van der Waals surface area contributed by atoms with Gasteiger partial charge in [-0.25, -0.2) is 9.79 Å². The summed E-state index contributed by atoms with van der Waals surface area (Å²) in [6.07, 6.45) is -4.91. The molecule has 0 bridgehead atoms. The first-order valence-electron chi connectivity index (χ1n) is 6.74. The van der Waals surface area contributed by atoms with E-state index in [2.05, 4.69) is 10.3 Å². The van der Waals surface area contributed by atoms with Gasteiger partial charge in [-0.05, 0) is 0 Å². The van der Waals surface area contributed by atoms with Crippen molar-refractivity contribution in [1.29, 1.82) is 0 Å². The van der Waals surface area contributed by atoms with Crippen molar-refractivity contribution in [2.24, 2.45) is 16.5 Å². The Morgan fingerprint density at radius 1 is 1.39 bits per heavy atom. The van der Waals surface area contributed by atoms with Crippen LogP contribution in [0.3, 0.4) is 0 Å². The molecule has 1 heterocycles. The molecular weight excluding hydrogens is 312 g/mol. The van der Waals surface area contributed by atoms with E-state index in [1.54, 1.807) is 0 Å². The van der Waals surface area contributed by atoms with Crippen molar-refractivity contribution in [3.05, 3.63) is 0 Å². The Kier molecular flexibility index (Phi) is 6.42. The van der Waals surface area contributed by atoms with Crippen molar-refractivity contribution in [2.75, 3.05) is 6.61 Å².